The van der Waals surface area contributed by atoms with Crippen molar-refractivity contribution in [2.45, 2.75) is 50.9 Å². The molecule has 0 radical (unpaired) electrons. The van der Waals surface area contributed by atoms with Crippen LogP contribution in [0, 0.1) is 0 Å². The molecule has 1 saturated carbocycles. The summed E-state index contributed by atoms with van der Waals surface area (Å²) >= 11 is 0. The zero-order chi connectivity index (χ0) is 9.10. The number of ketones is 1. The Morgan fingerprint density at radius 3 is 2.77 bits per heavy atom. The quantitative estimate of drug-likeness (QED) is 0.654. The molecule has 1 saturated heterocycles. The highest BCUT2D eigenvalue weighted by atomic mass is 16.7. The summed E-state index contributed by atoms with van der Waals surface area (Å²) in [7, 11) is 0. The molecule has 74 valence electrons. The zero-order valence-electron chi connectivity index (χ0n) is 7.83. The molecule has 0 spiro atoms. The fourth-order valence-electron chi connectivity index (χ4n) is 1.93. The number of carbonyl (C=O) groups is 1. The molecule has 13 heavy (non-hydrogen) atoms. The van der Waals surface area contributed by atoms with Crippen molar-refractivity contribution < 1.29 is 14.3 Å². The molecule has 1 aliphatic heterocycles. The first-order valence-corrected chi connectivity index (χ1v) is 5.16. The number of hydrogen-bond acceptors (Lipinski definition) is 3. The summed E-state index contributed by atoms with van der Waals surface area (Å²) in [6.45, 7) is 0.783. The van der Waals surface area contributed by atoms with Crippen LogP contribution in [0.3, 0.4) is 0 Å². The van der Waals surface area contributed by atoms with E-state index in [1.54, 1.807) is 0 Å². The minimum Gasteiger partial charge on any atom is -0.353 e. The van der Waals surface area contributed by atoms with Crippen LogP contribution in [0.2, 0.25) is 0 Å². The van der Waals surface area contributed by atoms with E-state index in [9.17, 15) is 4.79 Å². The number of rotatable bonds is 2. The van der Waals surface area contributed by atoms with Crippen LogP contribution in [0.15, 0.2) is 0 Å². The second-order valence-corrected chi connectivity index (χ2v) is 3.78. The third-order valence-electron chi connectivity index (χ3n) is 2.70. The average molecular weight is 184 g/mol. The molecule has 0 amide bonds. The molecule has 2 aliphatic rings. The van der Waals surface area contributed by atoms with Gasteiger partial charge >= 0.3 is 0 Å². The Bertz CT molecular complexity index is 185. The van der Waals surface area contributed by atoms with E-state index in [1.165, 1.54) is 0 Å². The Labute approximate surface area is 78.4 Å². The Balaban J connectivity index is 1.79. The SMILES string of the molecule is O=C1CCC[C@H]1OC1CCCCO1. The number of Topliss-reactive ketones (excluding diaryl/α,β-unsaturated/α-hetero) is 1. The first kappa shape index (κ1) is 9.16. The molecule has 2 fully saturated rings. The topological polar surface area (TPSA) is 35.5 Å². The molecule has 0 aromatic rings. The van der Waals surface area contributed by atoms with E-state index in [-0.39, 0.29) is 18.2 Å². The summed E-state index contributed by atoms with van der Waals surface area (Å²) in [5.74, 6) is 0.258. The zero-order valence-corrected chi connectivity index (χ0v) is 7.83. The van der Waals surface area contributed by atoms with Gasteiger partial charge in [0.2, 0.25) is 0 Å². The molecule has 0 bridgehead atoms. The largest absolute Gasteiger partial charge is 0.353 e. The fraction of sp³-hybridized carbons (Fsp3) is 0.900. The van der Waals surface area contributed by atoms with Crippen LogP contribution >= 0.6 is 0 Å². The predicted molar refractivity (Wildman–Crippen MR) is 47.3 cm³/mol. The monoisotopic (exact) mass is 184 g/mol. The third-order valence-corrected chi connectivity index (χ3v) is 2.70. The molecular weight excluding hydrogens is 168 g/mol. The average Bonchev–Trinajstić information content (AvgIpc) is 2.54. The van der Waals surface area contributed by atoms with E-state index >= 15 is 0 Å². The first-order valence-electron chi connectivity index (χ1n) is 5.16. The summed E-state index contributed by atoms with van der Waals surface area (Å²) in [6, 6.07) is 0. The summed E-state index contributed by atoms with van der Waals surface area (Å²) in [4.78, 5) is 11.3. The maximum Gasteiger partial charge on any atom is 0.161 e. The molecule has 1 unspecified atom stereocenters. The van der Waals surface area contributed by atoms with Crippen molar-refractivity contribution in [1.29, 1.82) is 0 Å². The van der Waals surface area contributed by atoms with Crippen LogP contribution in [-0.4, -0.2) is 24.8 Å². The Morgan fingerprint density at radius 2 is 2.15 bits per heavy atom. The lowest BCUT2D eigenvalue weighted by Gasteiger charge is -2.25. The van der Waals surface area contributed by atoms with Gasteiger partial charge in [-0.15, -0.1) is 0 Å². The summed E-state index contributed by atoms with van der Waals surface area (Å²) in [5, 5.41) is 0. The van der Waals surface area contributed by atoms with E-state index in [4.69, 9.17) is 9.47 Å². The van der Waals surface area contributed by atoms with Crippen LogP contribution in [0.5, 0.6) is 0 Å². The summed E-state index contributed by atoms with van der Waals surface area (Å²) in [6.07, 6.45) is 5.52. The molecular formula is C10H16O3. The van der Waals surface area contributed by atoms with Crippen LogP contribution in [0.25, 0.3) is 0 Å². The van der Waals surface area contributed by atoms with Crippen LogP contribution in [-0.2, 0) is 14.3 Å². The number of ether oxygens (including phenoxy) is 2. The van der Waals surface area contributed by atoms with Crippen LogP contribution in [0.4, 0.5) is 0 Å². The highest BCUT2D eigenvalue weighted by Crippen LogP contribution is 2.22. The standard InChI is InChI=1S/C10H16O3/c11-8-4-3-5-9(8)13-10-6-1-2-7-12-10/h9-10H,1-7H2/t9-,10?/m1/s1. The van der Waals surface area contributed by atoms with Gasteiger partial charge in [0.25, 0.3) is 0 Å². The summed E-state index contributed by atoms with van der Waals surface area (Å²) in [5.41, 5.74) is 0. The Hall–Kier alpha value is -0.410. The van der Waals surface area contributed by atoms with Gasteiger partial charge in [-0.05, 0) is 32.1 Å². The lowest BCUT2D eigenvalue weighted by Crippen LogP contribution is -2.29. The lowest BCUT2D eigenvalue weighted by atomic mass is 10.2. The fourth-order valence-corrected chi connectivity index (χ4v) is 1.93. The van der Waals surface area contributed by atoms with Crippen molar-refractivity contribution in [2.75, 3.05) is 6.61 Å². The van der Waals surface area contributed by atoms with Gasteiger partial charge in [-0.25, -0.2) is 0 Å². The van der Waals surface area contributed by atoms with Crippen molar-refractivity contribution in [2.24, 2.45) is 0 Å². The maximum absolute atomic E-state index is 11.3. The van der Waals surface area contributed by atoms with Crippen molar-refractivity contribution in [3.05, 3.63) is 0 Å². The molecule has 0 aromatic heterocycles. The van der Waals surface area contributed by atoms with E-state index < -0.39 is 0 Å². The van der Waals surface area contributed by atoms with Crippen molar-refractivity contribution in [3.63, 3.8) is 0 Å². The highest BCUT2D eigenvalue weighted by molar-refractivity contribution is 5.84. The van der Waals surface area contributed by atoms with E-state index in [1.807, 2.05) is 0 Å². The van der Waals surface area contributed by atoms with E-state index in [0.29, 0.717) is 6.42 Å². The molecule has 2 atom stereocenters. The maximum atomic E-state index is 11.3. The van der Waals surface area contributed by atoms with E-state index in [2.05, 4.69) is 0 Å². The molecule has 3 nitrogen and oxygen atoms in total. The van der Waals surface area contributed by atoms with Gasteiger partial charge in [0.05, 0.1) is 0 Å². The minimum atomic E-state index is -0.164. The molecule has 2 rings (SSSR count). The number of hydrogen-bond donors (Lipinski definition) is 0. The van der Waals surface area contributed by atoms with Crippen molar-refractivity contribution >= 4 is 5.78 Å². The van der Waals surface area contributed by atoms with E-state index in [0.717, 1.165) is 38.7 Å². The van der Waals surface area contributed by atoms with Gasteiger partial charge in [-0.2, -0.15) is 0 Å². The normalized spacial score (nSPS) is 35.2. The van der Waals surface area contributed by atoms with Gasteiger partial charge in [0, 0.05) is 13.0 Å². The van der Waals surface area contributed by atoms with Gasteiger partial charge in [0.1, 0.15) is 6.10 Å². The second kappa shape index (κ2) is 4.20. The lowest BCUT2D eigenvalue weighted by molar-refractivity contribution is -0.188. The molecule has 0 N–H and O–H groups in total. The Morgan fingerprint density at radius 1 is 1.23 bits per heavy atom. The minimum absolute atomic E-state index is 0.110. The van der Waals surface area contributed by atoms with Gasteiger partial charge < -0.3 is 9.47 Å². The molecule has 0 aromatic carbocycles. The van der Waals surface area contributed by atoms with Crippen molar-refractivity contribution in [3.8, 4) is 0 Å². The summed E-state index contributed by atoms with van der Waals surface area (Å²) < 4.78 is 11.0. The molecule has 3 heteroatoms. The van der Waals surface area contributed by atoms with Crippen LogP contribution < -0.4 is 0 Å². The smallest absolute Gasteiger partial charge is 0.161 e. The van der Waals surface area contributed by atoms with Gasteiger partial charge in [-0.3, -0.25) is 4.79 Å². The second-order valence-electron chi connectivity index (χ2n) is 3.78. The molecule has 1 heterocycles. The van der Waals surface area contributed by atoms with Crippen LogP contribution in [0.1, 0.15) is 38.5 Å². The van der Waals surface area contributed by atoms with Crippen molar-refractivity contribution in [1.82, 2.24) is 0 Å². The molecule has 1 aliphatic carbocycles. The third kappa shape index (κ3) is 2.29. The first-order chi connectivity index (χ1) is 6.36. The van der Waals surface area contributed by atoms with Gasteiger partial charge in [0.15, 0.2) is 12.1 Å². The Kier molecular flexibility index (Phi) is 2.96. The predicted octanol–water partition coefficient (Wildman–Crippen LogP) is 1.65. The van der Waals surface area contributed by atoms with Gasteiger partial charge in [-0.1, -0.05) is 0 Å². The number of carbonyl (C=O) groups excluding carboxylic acids is 1. The highest BCUT2D eigenvalue weighted by Gasteiger charge is 2.28.